The molecule has 0 atom stereocenters. The molecule has 4 rings (SSSR count). The van der Waals surface area contributed by atoms with Crippen LogP contribution in [0.3, 0.4) is 0 Å². The van der Waals surface area contributed by atoms with Crippen molar-refractivity contribution < 1.29 is 26.4 Å². The van der Waals surface area contributed by atoms with Gasteiger partial charge in [-0.15, -0.1) is 0 Å². The number of sulfone groups is 1. The molecule has 1 fully saturated rings. The van der Waals surface area contributed by atoms with Crippen molar-refractivity contribution in [3.05, 3.63) is 59.5 Å². The number of benzene rings is 2. The maximum atomic E-state index is 13.2. The van der Waals surface area contributed by atoms with Gasteiger partial charge >= 0.3 is 0 Å². The minimum Gasteiger partial charge on any atom is -0.302 e. The molecule has 36 heavy (non-hydrogen) atoms. The van der Waals surface area contributed by atoms with Crippen molar-refractivity contribution in [1.82, 2.24) is 9.29 Å². The fraction of sp³-hybridized carbons (Fsp3) is 0.292. The number of hydrogen-bond acceptors (Lipinski definition) is 8. The molecule has 0 radical (unpaired) electrons. The predicted octanol–water partition coefficient (Wildman–Crippen LogP) is 3.46. The molecule has 190 valence electrons. The summed E-state index contributed by atoms with van der Waals surface area (Å²) in [6.45, 7) is 1.60. The van der Waals surface area contributed by atoms with Gasteiger partial charge in [-0.3, -0.25) is 9.59 Å². The van der Waals surface area contributed by atoms with Crippen LogP contribution >= 0.6 is 11.3 Å². The molecule has 0 unspecified atom stereocenters. The van der Waals surface area contributed by atoms with Gasteiger partial charge in [-0.2, -0.15) is 4.31 Å². The molecule has 9 nitrogen and oxygen atoms in total. The molecule has 1 aliphatic heterocycles. The highest BCUT2D eigenvalue weighted by Gasteiger charge is 2.35. The number of rotatable bonds is 7. The lowest BCUT2D eigenvalue weighted by molar-refractivity contribution is -0.120. The maximum absolute atomic E-state index is 13.2. The zero-order valence-electron chi connectivity index (χ0n) is 19.7. The van der Waals surface area contributed by atoms with E-state index in [-0.39, 0.29) is 47.4 Å². The van der Waals surface area contributed by atoms with Crippen molar-refractivity contribution in [3.8, 4) is 11.3 Å². The lowest BCUT2D eigenvalue weighted by atomic mass is 9.97. The van der Waals surface area contributed by atoms with Crippen LogP contribution < -0.4 is 5.32 Å². The molecule has 0 spiro atoms. The summed E-state index contributed by atoms with van der Waals surface area (Å²) in [4.78, 5) is 29.5. The van der Waals surface area contributed by atoms with Gasteiger partial charge in [0.05, 0.1) is 15.5 Å². The van der Waals surface area contributed by atoms with E-state index in [2.05, 4.69) is 10.3 Å². The van der Waals surface area contributed by atoms with E-state index in [1.165, 1.54) is 35.5 Å². The Labute approximate surface area is 214 Å². The van der Waals surface area contributed by atoms with E-state index in [9.17, 15) is 26.4 Å². The van der Waals surface area contributed by atoms with E-state index in [1.807, 2.05) is 30.3 Å². The van der Waals surface area contributed by atoms with Crippen LogP contribution in [0.15, 0.2) is 64.4 Å². The summed E-state index contributed by atoms with van der Waals surface area (Å²) in [7, 11) is -7.79. The third kappa shape index (κ3) is 5.41. The summed E-state index contributed by atoms with van der Waals surface area (Å²) in [6.07, 6.45) is 1.50. The quantitative estimate of drug-likeness (QED) is 0.448. The summed E-state index contributed by atoms with van der Waals surface area (Å²) in [5, 5.41) is 3.09. The van der Waals surface area contributed by atoms with Crippen molar-refractivity contribution in [1.29, 1.82) is 0 Å². The Balaban J connectivity index is 1.47. The first-order valence-corrected chi connectivity index (χ1v) is 15.3. The Kier molecular flexibility index (Phi) is 7.41. The van der Waals surface area contributed by atoms with Crippen molar-refractivity contribution in [2.75, 3.05) is 24.7 Å². The summed E-state index contributed by atoms with van der Waals surface area (Å²) >= 11 is 1.10. The third-order valence-electron chi connectivity index (χ3n) is 5.92. The van der Waals surface area contributed by atoms with Crippen LogP contribution in [0.25, 0.3) is 11.3 Å². The molecule has 1 aromatic heterocycles. The number of anilines is 1. The summed E-state index contributed by atoms with van der Waals surface area (Å²) in [6, 6.07) is 14.7. The molecular weight excluding hydrogens is 522 g/mol. The Morgan fingerprint density at radius 2 is 1.53 bits per heavy atom. The van der Waals surface area contributed by atoms with Gasteiger partial charge in [-0.25, -0.2) is 21.8 Å². The number of nitrogens with one attached hydrogen (secondary N) is 1. The Bertz CT molecular complexity index is 1510. The second-order valence-electron chi connectivity index (χ2n) is 8.51. The standard InChI is InChI=1S/C24H25N3O6S3/c1-16(28)22-21(17-8-4-3-5-9-17)25-24(34-22)26-23(29)18-12-14-27(15-13-18)36(32,33)20-11-7-6-10-19(20)35(2,30)31/h3-11,18H,12-15H2,1-2H3,(H,25,26,29). The van der Waals surface area contributed by atoms with Gasteiger partial charge in [0, 0.05) is 37.8 Å². The average Bonchev–Trinajstić information content (AvgIpc) is 3.28. The van der Waals surface area contributed by atoms with Crippen LogP contribution in [0.5, 0.6) is 0 Å². The maximum Gasteiger partial charge on any atom is 0.244 e. The fourth-order valence-corrected chi connectivity index (χ4v) is 8.04. The Morgan fingerprint density at radius 3 is 2.11 bits per heavy atom. The minimum atomic E-state index is -4.05. The number of sulfonamides is 1. The highest BCUT2D eigenvalue weighted by atomic mass is 32.2. The number of carbonyl (C=O) groups is 2. The molecule has 0 saturated carbocycles. The molecule has 2 heterocycles. The lowest BCUT2D eigenvalue weighted by Gasteiger charge is -2.30. The van der Waals surface area contributed by atoms with Gasteiger partial charge in [0.1, 0.15) is 4.90 Å². The molecule has 3 aromatic rings. The molecule has 12 heteroatoms. The summed E-state index contributed by atoms with van der Waals surface area (Å²) in [5.74, 6) is -0.904. The predicted molar refractivity (Wildman–Crippen MR) is 137 cm³/mol. The first-order chi connectivity index (χ1) is 17.0. The largest absolute Gasteiger partial charge is 0.302 e. The molecule has 1 amide bonds. The molecule has 1 saturated heterocycles. The number of hydrogen-bond donors (Lipinski definition) is 1. The molecule has 1 N–H and O–H groups in total. The number of aromatic nitrogens is 1. The first-order valence-electron chi connectivity index (χ1n) is 11.2. The third-order valence-corrected chi connectivity index (χ3v) is 10.2. The smallest absolute Gasteiger partial charge is 0.244 e. The topological polar surface area (TPSA) is 131 Å². The molecule has 0 aliphatic carbocycles. The van der Waals surface area contributed by atoms with Gasteiger partial charge in [-0.1, -0.05) is 53.8 Å². The van der Waals surface area contributed by atoms with E-state index in [1.54, 1.807) is 0 Å². The minimum absolute atomic E-state index is 0.0738. The molecule has 2 aromatic carbocycles. The van der Waals surface area contributed by atoms with Crippen molar-refractivity contribution >= 4 is 48.0 Å². The number of nitrogens with zero attached hydrogens (tertiary/aromatic N) is 2. The summed E-state index contributed by atoms with van der Waals surface area (Å²) < 4.78 is 51.8. The van der Waals surface area contributed by atoms with Crippen LogP contribution in [-0.4, -0.2) is 57.2 Å². The zero-order valence-corrected chi connectivity index (χ0v) is 22.1. The van der Waals surface area contributed by atoms with Crippen LogP contribution in [0.2, 0.25) is 0 Å². The molecular formula is C24H25N3O6S3. The first kappa shape index (κ1) is 26.1. The summed E-state index contributed by atoms with van der Waals surface area (Å²) in [5.41, 5.74) is 1.28. The van der Waals surface area contributed by atoms with Gasteiger partial charge in [0.25, 0.3) is 0 Å². The van der Waals surface area contributed by atoms with Crippen molar-refractivity contribution in [2.45, 2.75) is 29.6 Å². The lowest BCUT2D eigenvalue weighted by Crippen LogP contribution is -2.41. The van der Waals surface area contributed by atoms with Crippen molar-refractivity contribution in [3.63, 3.8) is 0 Å². The van der Waals surface area contributed by atoms with E-state index in [0.29, 0.717) is 15.7 Å². The number of amides is 1. The zero-order chi connectivity index (χ0) is 26.1. The van der Waals surface area contributed by atoms with Crippen LogP contribution in [0.4, 0.5) is 5.13 Å². The fourth-order valence-electron chi connectivity index (χ4n) is 4.08. The highest BCUT2D eigenvalue weighted by Crippen LogP contribution is 2.33. The normalized spacial score (nSPS) is 15.5. The number of Topliss-reactive ketones (excluding diaryl/α,β-unsaturated/α-hetero) is 1. The van der Waals surface area contributed by atoms with Gasteiger partial charge in [0.15, 0.2) is 20.8 Å². The number of thiazole rings is 1. The SMILES string of the molecule is CC(=O)c1sc(NC(=O)C2CCN(S(=O)(=O)c3ccccc3S(C)(=O)=O)CC2)nc1-c1ccccc1. The van der Waals surface area contributed by atoms with Crippen LogP contribution in [0.1, 0.15) is 29.4 Å². The molecule has 1 aliphatic rings. The second-order valence-corrected chi connectivity index (χ2v) is 13.4. The van der Waals surface area contributed by atoms with Gasteiger partial charge in [-0.05, 0) is 25.0 Å². The van der Waals surface area contributed by atoms with Crippen molar-refractivity contribution in [2.24, 2.45) is 5.92 Å². The van der Waals surface area contributed by atoms with E-state index >= 15 is 0 Å². The Hall–Kier alpha value is -2.93. The number of carbonyl (C=O) groups excluding carboxylic acids is 2. The average molecular weight is 548 g/mol. The van der Waals surface area contributed by atoms with Gasteiger partial charge in [0.2, 0.25) is 15.9 Å². The highest BCUT2D eigenvalue weighted by molar-refractivity contribution is 7.93. The van der Waals surface area contributed by atoms with E-state index < -0.39 is 25.8 Å². The molecule has 0 bridgehead atoms. The van der Waals surface area contributed by atoms with E-state index in [4.69, 9.17) is 0 Å². The Morgan fingerprint density at radius 1 is 0.944 bits per heavy atom. The second kappa shape index (κ2) is 10.2. The van der Waals surface area contributed by atoms with Gasteiger partial charge < -0.3 is 5.32 Å². The van der Waals surface area contributed by atoms with E-state index in [0.717, 1.165) is 23.2 Å². The monoisotopic (exact) mass is 547 g/mol. The van der Waals surface area contributed by atoms with Crippen LogP contribution in [-0.2, 0) is 24.7 Å². The van der Waals surface area contributed by atoms with Crippen LogP contribution in [0, 0.1) is 5.92 Å². The number of ketones is 1. The number of piperidine rings is 1.